The van der Waals surface area contributed by atoms with Crippen LogP contribution in [0, 0.1) is 0 Å². The average Bonchev–Trinajstić information content (AvgIpc) is 3.25. The quantitative estimate of drug-likeness (QED) is 0.754. The SMILES string of the molecule is O=C(CSc1nccn1C1CC1)Nc1ccc(SC(F)F)cc1. The lowest BCUT2D eigenvalue weighted by Gasteiger charge is -2.07. The van der Waals surface area contributed by atoms with Gasteiger partial charge in [-0.1, -0.05) is 23.5 Å². The Morgan fingerprint density at radius 1 is 1.35 bits per heavy atom. The van der Waals surface area contributed by atoms with E-state index in [4.69, 9.17) is 0 Å². The van der Waals surface area contributed by atoms with Crippen molar-refractivity contribution >= 4 is 35.1 Å². The van der Waals surface area contributed by atoms with Crippen molar-refractivity contribution in [2.24, 2.45) is 0 Å². The van der Waals surface area contributed by atoms with Gasteiger partial charge < -0.3 is 9.88 Å². The van der Waals surface area contributed by atoms with Gasteiger partial charge in [-0.05, 0) is 37.1 Å². The second-order valence-electron chi connectivity index (χ2n) is 5.09. The molecule has 0 atom stereocenters. The summed E-state index contributed by atoms with van der Waals surface area (Å²) in [5.74, 6) is -2.33. The lowest BCUT2D eigenvalue weighted by Crippen LogP contribution is -2.14. The van der Waals surface area contributed by atoms with E-state index < -0.39 is 5.76 Å². The van der Waals surface area contributed by atoms with Gasteiger partial charge in [-0.2, -0.15) is 8.78 Å². The maximum absolute atomic E-state index is 12.2. The predicted octanol–water partition coefficient (Wildman–Crippen LogP) is 4.26. The van der Waals surface area contributed by atoms with Crippen LogP contribution >= 0.6 is 23.5 Å². The molecular formula is C15H15F2N3OS2. The second kappa shape index (κ2) is 7.35. The van der Waals surface area contributed by atoms with Crippen LogP contribution in [-0.4, -0.2) is 27.0 Å². The number of anilines is 1. The number of aromatic nitrogens is 2. The van der Waals surface area contributed by atoms with E-state index in [0.29, 0.717) is 28.4 Å². The van der Waals surface area contributed by atoms with E-state index in [-0.39, 0.29) is 11.7 Å². The molecule has 0 aliphatic heterocycles. The molecule has 8 heteroatoms. The van der Waals surface area contributed by atoms with E-state index in [0.717, 1.165) is 5.16 Å². The lowest BCUT2D eigenvalue weighted by molar-refractivity contribution is -0.113. The number of carbonyl (C=O) groups excluding carboxylic acids is 1. The highest BCUT2D eigenvalue weighted by molar-refractivity contribution is 8.00. The summed E-state index contributed by atoms with van der Waals surface area (Å²) < 4.78 is 26.6. The van der Waals surface area contributed by atoms with Gasteiger partial charge in [0, 0.05) is 29.0 Å². The molecule has 1 aromatic carbocycles. The fourth-order valence-corrected chi connectivity index (χ4v) is 3.41. The van der Waals surface area contributed by atoms with E-state index in [1.807, 2.05) is 6.20 Å². The van der Waals surface area contributed by atoms with Gasteiger partial charge in [0.2, 0.25) is 5.91 Å². The van der Waals surface area contributed by atoms with Crippen LogP contribution in [0.1, 0.15) is 18.9 Å². The average molecular weight is 355 g/mol. The molecule has 1 amide bonds. The van der Waals surface area contributed by atoms with Crippen LogP contribution in [0.25, 0.3) is 0 Å². The highest BCUT2D eigenvalue weighted by Gasteiger charge is 2.25. The number of nitrogens with one attached hydrogen (secondary N) is 1. The molecule has 0 unspecified atom stereocenters. The molecule has 3 rings (SSSR count). The minimum absolute atomic E-state index is 0.144. The first-order chi connectivity index (χ1) is 11.1. The van der Waals surface area contributed by atoms with Crippen LogP contribution in [0.2, 0.25) is 0 Å². The smallest absolute Gasteiger partial charge is 0.288 e. The van der Waals surface area contributed by atoms with E-state index >= 15 is 0 Å². The predicted molar refractivity (Wildman–Crippen MR) is 88.2 cm³/mol. The van der Waals surface area contributed by atoms with Crippen LogP contribution in [0.5, 0.6) is 0 Å². The number of rotatable bonds is 7. The van der Waals surface area contributed by atoms with Crippen molar-refractivity contribution in [2.75, 3.05) is 11.1 Å². The van der Waals surface area contributed by atoms with E-state index in [1.165, 1.54) is 24.6 Å². The highest BCUT2D eigenvalue weighted by atomic mass is 32.2. The van der Waals surface area contributed by atoms with Crippen molar-refractivity contribution in [1.29, 1.82) is 0 Å². The summed E-state index contributed by atoms with van der Waals surface area (Å²) in [5, 5.41) is 3.61. The molecule has 23 heavy (non-hydrogen) atoms. The molecule has 1 aliphatic carbocycles. The Morgan fingerprint density at radius 3 is 2.74 bits per heavy atom. The number of amides is 1. The van der Waals surface area contributed by atoms with Gasteiger partial charge >= 0.3 is 0 Å². The first-order valence-electron chi connectivity index (χ1n) is 7.12. The Bertz CT molecular complexity index is 672. The zero-order valence-electron chi connectivity index (χ0n) is 12.1. The zero-order valence-corrected chi connectivity index (χ0v) is 13.7. The molecule has 0 spiro atoms. The molecule has 0 bridgehead atoms. The van der Waals surface area contributed by atoms with Crippen molar-refractivity contribution < 1.29 is 13.6 Å². The molecule has 1 N–H and O–H groups in total. The third kappa shape index (κ3) is 4.71. The van der Waals surface area contributed by atoms with Crippen LogP contribution in [0.15, 0.2) is 46.7 Å². The highest BCUT2D eigenvalue weighted by Crippen LogP contribution is 2.37. The van der Waals surface area contributed by atoms with E-state index in [9.17, 15) is 13.6 Å². The summed E-state index contributed by atoms with van der Waals surface area (Å²) in [6.07, 6.45) is 6.02. The standard InChI is InChI=1S/C15H15F2N3OS2/c16-14(17)23-12-5-1-10(2-6-12)19-13(21)9-22-15-18-7-8-20(15)11-3-4-11/h1-2,5-8,11,14H,3-4,9H2,(H,19,21). The van der Waals surface area contributed by atoms with E-state index in [2.05, 4.69) is 14.9 Å². The van der Waals surface area contributed by atoms with Crippen molar-refractivity contribution in [1.82, 2.24) is 9.55 Å². The number of imidazole rings is 1. The largest absolute Gasteiger partial charge is 0.325 e. The fourth-order valence-electron chi connectivity index (χ4n) is 2.09. The number of halogens is 2. The number of thioether (sulfide) groups is 2. The Labute approximate surface area is 141 Å². The van der Waals surface area contributed by atoms with Gasteiger partial charge in [-0.3, -0.25) is 4.79 Å². The maximum Gasteiger partial charge on any atom is 0.288 e. The number of hydrogen-bond donors (Lipinski definition) is 1. The topological polar surface area (TPSA) is 46.9 Å². The van der Waals surface area contributed by atoms with Crippen LogP contribution in [-0.2, 0) is 4.79 Å². The third-order valence-electron chi connectivity index (χ3n) is 3.27. The number of carbonyl (C=O) groups is 1. The summed E-state index contributed by atoms with van der Waals surface area (Å²) in [6.45, 7) is 0. The zero-order chi connectivity index (χ0) is 16.2. The molecule has 1 aliphatic rings. The van der Waals surface area contributed by atoms with Gasteiger partial charge in [0.25, 0.3) is 5.76 Å². The minimum atomic E-state index is -2.44. The molecular weight excluding hydrogens is 340 g/mol. The summed E-state index contributed by atoms with van der Waals surface area (Å²) in [4.78, 5) is 16.7. The van der Waals surface area contributed by atoms with Gasteiger partial charge in [-0.15, -0.1) is 0 Å². The van der Waals surface area contributed by atoms with Gasteiger partial charge in [0.05, 0.1) is 5.75 Å². The van der Waals surface area contributed by atoms with Crippen molar-refractivity contribution in [3.63, 3.8) is 0 Å². The lowest BCUT2D eigenvalue weighted by atomic mass is 10.3. The van der Waals surface area contributed by atoms with Gasteiger partial charge in [0.15, 0.2) is 5.16 Å². The molecule has 2 aromatic rings. The minimum Gasteiger partial charge on any atom is -0.325 e. The maximum atomic E-state index is 12.2. The number of benzene rings is 1. The first kappa shape index (κ1) is 16.3. The van der Waals surface area contributed by atoms with E-state index in [1.54, 1.807) is 30.5 Å². The van der Waals surface area contributed by atoms with Gasteiger partial charge in [0.1, 0.15) is 0 Å². The number of hydrogen-bond acceptors (Lipinski definition) is 4. The monoisotopic (exact) mass is 355 g/mol. The Kier molecular flexibility index (Phi) is 5.22. The molecule has 1 fully saturated rings. The van der Waals surface area contributed by atoms with Crippen molar-refractivity contribution in [3.8, 4) is 0 Å². The molecule has 4 nitrogen and oxygen atoms in total. The number of alkyl halides is 2. The Morgan fingerprint density at radius 2 is 2.09 bits per heavy atom. The first-order valence-corrected chi connectivity index (χ1v) is 8.98. The summed E-state index contributed by atoms with van der Waals surface area (Å²) >= 11 is 1.88. The number of nitrogens with zero attached hydrogens (tertiary/aromatic N) is 2. The summed E-state index contributed by atoms with van der Waals surface area (Å²) in [7, 11) is 0. The van der Waals surface area contributed by atoms with Crippen molar-refractivity contribution in [2.45, 2.75) is 34.7 Å². The normalized spacial score (nSPS) is 14.2. The van der Waals surface area contributed by atoms with Crippen molar-refractivity contribution in [3.05, 3.63) is 36.7 Å². The molecule has 1 saturated carbocycles. The van der Waals surface area contributed by atoms with Crippen LogP contribution in [0.3, 0.4) is 0 Å². The van der Waals surface area contributed by atoms with Crippen LogP contribution in [0.4, 0.5) is 14.5 Å². The Hall–Kier alpha value is -1.54. The molecule has 122 valence electrons. The molecule has 0 radical (unpaired) electrons. The third-order valence-corrected chi connectivity index (χ3v) is 4.97. The second-order valence-corrected chi connectivity index (χ2v) is 7.09. The van der Waals surface area contributed by atoms with Crippen LogP contribution < -0.4 is 5.32 Å². The fraction of sp³-hybridized carbons (Fsp3) is 0.333. The summed E-state index contributed by atoms with van der Waals surface area (Å²) in [5.41, 5.74) is 0.597. The summed E-state index contributed by atoms with van der Waals surface area (Å²) in [6, 6.07) is 6.92. The van der Waals surface area contributed by atoms with Gasteiger partial charge in [-0.25, -0.2) is 4.98 Å². The molecule has 1 heterocycles. The molecule has 1 aromatic heterocycles. The molecule has 0 saturated heterocycles. The Balaban J connectivity index is 1.50.